The Morgan fingerprint density at radius 2 is 1.85 bits per heavy atom. The van der Waals surface area contributed by atoms with Gasteiger partial charge in [0.1, 0.15) is 16.5 Å². The summed E-state index contributed by atoms with van der Waals surface area (Å²) in [5.74, 6) is -2.35. The molecule has 0 spiro atoms. The van der Waals surface area contributed by atoms with Crippen LogP contribution in [0, 0.1) is 11.6 Å². The van der Waals surface area contributed by atoms with Gasteiger partial charge in [-0.1, -0.05) is 0 Å². The van der Waals surface area contributed by atoms with Crippen LogP contribution in [0.5, 0.6) is 0 Å². The van der Waals surface area contributed by atoms with Gasteiger partial charge in [-0.15, -0.1) is 0 Å². The summed E-state index contributed by atoms with van der Waals surface area (Å²) in [5.41, 5.74) is 4.15. The molecule has 0 amide bonds. The van der Waals surface area contributed by atoms with Crippen molar-refractivity contribution in [3.8, 4) is 0 Å². The maximum absolute atomic E-state index is 12.6. The molecule has 0 aliphatic rings. The predicted octanol–water partition coefficient (Wildman–Crippen LogP) is 0.794. The standard InChI is InChI=1S/C6H5F2NO3S/c7-3-1-4(8)6(9)5(2-3)13(10,11)12/h1-2H,9H2,(H,10,11,12). The minimum Gasteiger partial charge on any atom is -0.395 e. The zero-order valence-corrected chi connectivity index (χ0v) is 6.98. The Hall–Kier alpha value is -1.21. The number of benzene rings is 1. The van der Waals surface area contributed by atoms with Crippen molar-refractivity contribution in [1.82, 2.24) is 0 Å². The fourth-order valence-corrected chi connectivity index (χ4v) is 1.41. The van der Waals surface area contributed by atoms with Gasteiger partial charge in [0.05, 0.1) is 5.69 Å². The Labute approximate surface area is 72.7 Å². The second kappa shape index (κ2) is 2.93. The van der Waals surface area contributed by atoms with Gasteiger partial charge in [-0.2, -0.15) is 8.42 Å². The highest BCUT2D eigenvalue weighted by molar-refractivity contribution is 7.86. The van der Waals surface area contributed by atoms with Crippen LogP contribution in [0.3, 0.4) is 0 Å². The summed E-state index contributed by atoms with van der Waals surface area (Å²) in [5, 5.41) is 0. The monoisotopic (exact) mass is 209 g/mol. The Kier molecular flexibility index (Phi) is 2.22. The molecule has 13 heavy (non-hydrogen) atoms. The highest BCUT2D eigenvalue weighted by Gasteiger charge is 2.18. The lowest BCUT2D eigenvalue weighted by Crippen LogP contribution is -2.05. The van der Waals surface area contributed by atoms with Crippen LogP contribution in [0.15, 0.2) is 17.0 Å². The van der Waals surface area contributed by atoms with E-state index in [1.54, 1.807) is 0 Å². The number of hydrogen-bond donors (Lipinski definition) is 2. The molecule has 0 aromatic heterocycles. The van der Waals surface area contributed by atoms with Gasteiger partial charge in [0.25, 0.3) is 10.1 Å². The molecule has 72 valence electrons. The molecule has 0 bridgehead atoms. The van der Waals surface area contributed by atoms with E-state index in [2.05, 4.69) is 0 Å². The number of hydrogen-bond acceptors (Lipinski definition) is 3. The first kappa shape index (κ1) is 9.87. The van der Waals surface area contributed by atoms with Gasteiger partial charge in [0.2, 0.25) is 0 Å². The van der Waals surface area contributed by atoms with Gasteiger partial charge >= 0.3 is 0 Å². The van der Waals surface area contributed by atoms with Crippen LogP contribution in [0.1, 0.15) is 0 Å². The first-order chi connectivity index (χ1) is 5.82. The van der Waals surface area contributed by atoms with Gasteiger partial charge < -0.3 is 5.73 Å². The van der Waals surface area contributed by atoms with E-state index < -0.39 is 32.3 Å². The summed E-state index contributed by atoms with van der Waals surface area (Å²) >= 11 is 0. The van der Waals surface area contributed by atoms with Crippen molar-refractivity contribution < 1.29 is 21.8 Å². The average molecular weight is 209 g/mol. The summed E-state index contributed by atoms with van der Waals surface area (Å²) in [4.78, 5) is -0.968. The largest absolute Gasteiger partial charge is 0.395 e. The van der Waals surface area contributed by atoms with E-state index >= 15 is 0 Å². The first-order valence-electron chi connectivity index (χ1n) is 3.04. The second-order valence-corrected chi connectivity index (χ2v) is 3.66. The van der Waals surface area contributed by atoms with Crippen molar-refractivity contribution in [1.29, 1.82) is 0 Å². The van der Waals surface area contributed by atoms with Crippen molar-refractivity contribution in [2.24, 2.45) is 0 Å². The Balaban J connectivity index is 3.56. The van der Waals surface area contributed by atoms with Crippen LogP contribution in [-0.2, 0) is 10.1 Å². The smallest absolute Gasteiger partial charge is 0.296 e. The van der Waals surface area contributed by atoms with Gasteiger partial charge in [-0.3, -0.25) is 4.55 Å². The Morgan fingerprint density at radius 3 is 2.31 bits per heavy atom. The van der Waals surface area contributed by atoms with E-state index in [9.17, 15) is 17.2 Å². The number of nitrogens with two attached hydrogens (primary N) is 1. The van der Waals surface area contributed by atoms with Crippen molar-refractivity contribution in [3.63, 3.8) is 0 Å². The summed E-state index contributed by atoms with van der Waals surface area (Å²) in [6.07, 6.45) is 0. The lowest BCUT2D eigenvalue weighted by molar-refractivity contribution is 0.480. The molecule has 0 atom stereocenters. The molecule has 1 aromatic carbocycles. The Bertz CT molecular complexity index is 443. The van der Waals surface area contributed by atoms with E-state index in [0.717, 1.165) is 0 Å². The maximum atomic E-state index is 12.6. The van der Waals surface area contributed by atoms with E-state index in [1.807, 2.05) is 0 Å². The molecule has 0 saturated heterocycles. The molecular formula is C6H5F2NO3S. The quantitative estimate of drug-likeness (QED) is 0.529. The number of halogens is 2. The van der Waals surface area contributed by atoms with Crippen LogP contribution in [0.25, 0.3) is 0 Å². The normalized spacial score (nSPS) is 11.6. The minimum absolute atomic E-state index is 0.421. The minimum atomic E-state index is -4.68. The summed E-state index contributed by atoms with van der Waals surface area (Å²) in [7, 11) is -4.68. The molecule has 7 heteroatoms. The molecule has 0 aliphatic heterocycles. The van der Waals surface area contributed by atoms with Gasteiger partial charge in [-0.25, -0.2) is 8.78 Å². The van der Waals surface area contributed by atoms with Gasteiger partial charge in [0, 0.05) is 6.07 Å². The topological polar surface area (TPSA) is 80.4 Å². The second-order valence-electron chi connectivity index (χ2n) is 2.27. The fourth-order valence-electron chi connectivity index (χ4n) is 0.775. The molecule has 0 fully saturated rings. The van der Waals surface area contributed by atoms with Crippen LogP contribution in [-0.4, -0.2) is 13.0 Å². The molecule has 0 unspecified atom stereocenters. The van der Waals surface area contributed by atoms with Crippen LogP contribution >= 0.6 is 0 Å². The van der Waals surface area contributed by atoms with E-state index in [-0.39, 0.29) is 0 Å². The molecule has 3 N–H and O–H groups in total. The number of rotatable bonds is 1. The number of nitrogen functional groups attached to an aromatic ring is 1. The molecule has 0 saturated carbocycles. The zero-order valence-electron chi connectivity index (χ0n) is 6.16. The highest BCUT2D eigenvalue weighted by atomic mass is 32.2. The lowest BCUT2D eigenvalue weighted by atomic mass is 10.3. The van der Waals surface area contributed by atoms with Crippen molar-refractivity contribution in [2.45, 2.75) is 4.90 Å². The highest BCUT2D eigenvalue weighted by Crippen LogP contribution is 2.22. The number of anilines is 1. The third-order valence-electron chi connectivity index (χ3n) is 1.33. The van der Waals surface area contributed by atoms with Crippen LogP contribution < -0.4 is 5.73 Å². The summed E-state index contributed by atoms with van der Waals surface area (Å²) in [6, 6.07) is 0.859. The zero-order chi connectivity index (χ0) is 10.2. The van der Waals surface area contributed by atoms with E-state index in [0.29, 0.717) is 12.1 Å². The van der Waals surface area contributed by atoms with Crippen LogP contribution in [0.4, 0.5) is 14.5 Å². The van der Waals surface area contributed by atoms with E-state index in [1.165, 1.54) is 0 Å². The average Bonchev–Trinajstić information content (AvgIpc) is 1.94. The lowest BCUT2D eigenvalue weighted by Gasteiger charge is -2.02. The molecule has 0 aliphatic carbocycles. The fraction of sp³-hybridized carbons (Fsp3) is 0. The third kappa shape index (κ3) is 1.93. The molecule has 4 nitrogen and oxygen atoms in total. The molecule has 1 rings (SSSR count). The first-order valence-corrected chi connectivity index (χ1v) is 4.48. The molecule has 0 radical (unpaired) electrons. The summed E-state index contributed by atoms with van der Waals surface area (Å²) in [6.45, 7) is 0. The van der Waals surface area contributed by atoms with Crippen molar-refractivity contribution in [2.75, 3.05) is 5.73 Å². The van der Waals surface area contributed by atoms with Crippen molar-refractivity contribution >= 4 is 15.8 Å². The van der Waals surface area contributed by atoms with Gasteiger partial charge in [0.15, 0.2) is 0 Å². The van der Waals surface area contributed by atoms with Crippen molar-refractivity contribution in [3.05, 3.63) is 23.8 Å². The predicted molar refractivity (Wildman–Crippen MR) is 40.6 cm³/mol. The molecular weight excluding hydrogens is 204 g/mol. The molecule has 0 heterocycles. The Morgan fingerprint density at radius 1 is 1.31 bits per heavy atom. The van der Waals surface area contributed by atoms with Crippen LogP contribution in [0.2, 0.25) is 0 Å². The molecule has 1 aromatic rings. The van der Waals surface area contributed by atoms with Gasteiger partial charge in [-0.05, 0) is 6.07 Å². The third-order valence-corrected chi connectivity index (χ3v) is 2.23. The van der Waals surface area contributed by atoms with E-state index in [4.69, 9.17) is 10.3 Å². The maximum Gasteiger partial charge on any atom is 0.296 e. The summed E-state index contributed by atoms with van der Waals surface area (Å²) < 4.78 is 54.6. The SMILES string of the molecule is Nc1c(F)cc(F)cc1S(=O)(=O)O.